The van der Waals surface area contributed by atoms with Crippen molar-refractivity contribution in [3.05, 3.63) is 35.2 Å². The third kappa shape index (κ3) is 2.84. The molecule has 0 aliphatic carbocycles. The molecule has 0 aromatic carbocycles. The predicted molar refractivity (Wildman–Crippen MR) is 87.7 cm³/mol. The van der Waals surface area contributed by atoms with Crippen LogP contribution in [0.4, 0.5) is 0 Å². The molecule has 0 spiro atoms. The van der Waals surface area contributed by atoms with Gasteiger partial charge in [0, 0.05) is 38.7 Å². The summed E-state index contributed by atoms with van der Waals surface area (Å²) in [5.41, 5.74) is 2.50. The first-order chi connectivity index (χ1) is 11.7. The van der Waals surface area contributed by atoms with Crippen molar-refractivity contribution in [3.63, 3.8) is 0 Å². The van der Waals surface area contributed by atoms with Crippen LogP contribution in [0.2, 0.25) is 0 Å². The number of aryl methyl sites for hydroxylation is 2. The van der Waals surface area contributed by atoms with Gasteiger partial charge in [-0.25, -0.2) is 4.98 Å². The van der Waals surface area contributed by atoms with Gasteiger partial charge in [-0.3, -0.25) is 9.89 Å². The third-order valence-corrected chi connectivity index (χ3v) is 4.94. The maximum atomic E-state index is 12.8. The lowest BCUT2D eigenvalue weighted by atomic mass is 10.0. The normalized spacial score (nSPS) is 20.1. The second kappa shape index (κ2) is 6.39. The number of nitrogens with one attached hydrogen (secondary N) is 1. The first kappa shape index (κ1) is 15.4. The lowest BCUT2D eigenvalue weighted by molar-refractivity contribution is 0.0782. The molecule has 2 aromatic rings. The summed E-state index contributed by atoms with van der Waals surface area (Å²) in [6.07, 6.45) is 8.09. The summed E-state index contributed by atoms with van der Waals surface area (Å²) in [7, 11) is 1.82. The first-order valence-electron chi connectivity index (χ1n) is 8.64. The molecule has 0 bridgehead atoms. The number of H-pyrrole nitrogens is 1. The molecule has 4 rings (SSSR count). The van der Waals surface area contributed by atoms with Crippen LogP contribution in [0.5, 0.6) is 0 Å². The van der Waals surface area contributed by atoms with E-state index in [2.05, 4.69) is 25.9 Å². The molecular formula is C17H23N5O2. The van der Waals surface area contributed by atoms with Crippen LogP contribution in [-0.2, 0) is 24.2 Å². The van der Waals surface area contributed by atoms with E-state index in [4.69, 9.17) is 4.74 Å². The number of rotatable bonds is 4. The van der Waals surface area contributed by atoms with Gasteiger partial charge in [-0.2, -0.15) is 5.10 Å². The molecule has 128 valence electrons. The molecular weight excluding hydrogens is 306 g/mol. The Kier molecular flexibility index (Phi) is 4.10. The lowest BCUT2D eigenvalue weighted by Gasteiger charge is -2.17. The van der Waals surface area contributed by atoms with E-state index in [1.807, 2.05) is 7.05 Å². The second-order valence-corrected chi connectivity index (χ2v) is 6.72. The molecule has 1 saturated heterocycles. The summed E-state index contributed by atoms with van der Waals surface area (Å²) >= 11 is 0. The summed E-state index contributed by atoms with van der Waals surface area (Å²) in [6, 6.07) is 0. The average Bonchev–Trinajstić information content (AvgIpc) is 3.32. The van der Waals surface area contributed by atoms with Gasteiger partial charge in [0.1, 0.15) is 5.82 Å². The zero-order chi connectivity index (χ0) is 16.5. The van der Waals surface area contributed by atoms with Gasteiger partial charge in [0.15, 0.2) is 0 Å². The molecule has 2 aromatic heterocycles. The van der Waals surface area contributed by atoms with Crippen molar-refractivity contribution < 1.29 is 9.53 Å². The average molecular weight is 329 g/mol. The molecule has 4 heterocycles. The number of ether oxygens (including phenoxy) is 1. The quantitative estimate of drug-likeness (QED) is 0.926. The van der Waals surface area contributed by atoms with Gasteiger partial charge < -0.3 is 14.2 Å². The molecule has 2 aliphatic heterocycles. The Balaban J connectivity index is 1.48. The van der Waals surface area contributed by atoms with Crippen molar-refractivity contribution in [2.45, 2.75) is 44.7 Å². The molecule has 0 saturated carbocycles. The van der Waals surface area contributed by atoms with Gasteiger partial charge in [0.2, 0.25) is 0 Å². The smallest absolute Gasteiger partial charge is 0.257 e. The number of amides is 1. The lowest BCUT2D eigenvalue weighted by Crippen LogP contribution is -2.27. The molecule has 7 nitrogen and oxygen atoms in total. The van der Waals surface area contributed by atoms with Gasteiger partial charge >= 0.3 is 0 Å². The molecule has 1 atom stereocenters. The number of hydrogen-bond donors (Lipinski definition) is 1. The number of fused-ring (bicyclic) bond motifs is 1. The first-order valence-corrected chi connectivity index (χ1v) is 8.64. The Labute approximate surface area is 141 Å². The fraction of sp³-hybridized carbons (Fsp3) is 0.588. The molecule has 24 heavy (non-hydrogen) atoms. The highest BCUT2D eigenvalue weighted by atomic mass is 16.5. The minimum absolute atomic E-state index is 0.0170. The summed E-state index contributed by atoms with van der Waals surface area (Å²) in [5.74, 6) is 1.36. The number of carbonyl (C=O) groups is 1. The van der Waals surface area contributed by atoms with E-state index >= 15 is 0 Å². The Morgan fingerprint density at radius 3 is 3.21 bits per heavy atom. The van der Waals surface area contributed by atoms with Crippen molar-refractivity contribution in [1.82, 2.24) is 24.6 Å². The minimum atomic E-state index is -0.0170. The van der Waals surface area contributed by atoms with Crippen molar-refractivity contribution in [2.24, 2.45) is 0 Å². The van der Waals surface area contributed by atoms with E-state index in [9.17, 15) is 4.79 Å². The van der Waals surface area contributed by atoms with Crippen LogP contribution in [0, 0.1) is 0 Å². The Hall–Kier alpha value is -2.15. The largest absolute Gasteiger partial charge is 0.381 e. The summed E-state index contributed by atoms with van der Waals surface area (Å²) in [5, 5.41) is 7.07. The van der Waals surface area contributed by atoms with Crippen LogP contribution in [0.3, 0.4) is 0 Å². The van der Waals surface area contributed by atoms with Crippen LogP contribution in [0.1, 0.15) is 52.8 Å². The van der Waals surface area contributed by atoms with Crippen LogP contribution in [-0.4, -0.2) is 50.8 Å². The molecule has 1 fully saturated rings. The number of imidazole rings is 1. The van der Waals surface area contributed by atoms with E-state index in [0.29, 0.717) is 18.7 Å². The van der Waals surface area contributed by atoms with E-state index < -0.39 is 0 Å². The van der Waals surface area contributed by atoms with Crippen LogP contribution < -0.4 is 0 Å². The third-order valence-electron chi connectivity index (χ3n) is 4.94. The monoisotopic (exact) mass is 329 g/mol. The maximum absolute atomic E-state index is 12.8. The molecule has 1 amide bonds. The van der Waals surface area contributed by atoms with Gasteiger partial charge in [-0.05, 0) is 19.3 Å². The number of nitrogens with zero attached hydrogens (tertiary/aromatic N) is 4. The summed E-state index contributed by atoms with van der Waals surface area (Å²) in [6.45, 7) is 2.95. The maximum Gasteiger partial charge on any atom is 0.257 e. The van der Waals surface area contributed by atoms with E-state index in [1.54, 1.807) is 11.1 Å². The van der Waals surface area contributed by atoms with Crippen LogP contribution in [0.15, 0.2) is 12.4 Å². The Bertz CT molecular complexity index is 706. The van der Waals surface area contributed by atoms with E-state index in [-0.39, 0.29) is 11.8 Å². The molecule has 2 aliphatic rings. The number of aromatic nitrogens is 4. The fourth-order valence-electron chi connectivity index (χ4n) is 3.61. The molecule has 1 N–H and O–H groups in total. The molecule has 1 unspecified atom stereocenters. The van der Waals surface area contributed by atoms with E-state index in [0.717, 1.165) is 43.2 Å². The van der Waals surface area contributed by atoms with Gasteiger partial charge in [0.05, 0.1) is 36.3 Å². The van der Waals surface area contributed by atoms with E-state index in [1.165, 1.54) is 12.8 Å². The zero-order valence-electron chi connectivity index (χ0n) is 14.0. The number of aromatic amines is 1. The second-order valence-electron chi connectivity index (χ2n) is 6.72. The Morgan fingerprint density at radius 2 is 2.42 bits per heavy atom. The topological polar surface area (TPSA) is 76.0 Å². The van der Waals surface area contributed by atoms with Crippen molar-refractivity contribution in [1.29, 1.82) is 0 Å². The number of hydrogen-bond acceptors (Lipinski definition) is 4. The zero-order valence-corrected chi connectivity index (χ0v) is 14.0. The Morgan fingerprint density at radius 1 is 1.50 bits per heavy atom. The minimum Gasteiger partial charge on any atom is -0.381 e. The van der Waals surface area contributed by atoms with Crippen molar-refractivity contribution in [2.75, 3.05) is 20.3 Å². The highest BCUT2D eigenvalue weighted by Gasteiger charge is 2.27. The molecule has 7 heteroatoms. The predicted octanol–water partition coefficient (Wildman–Crippen LogP) is 1.72. The van der Waals surface area contributed by atoms with Crippen LogP contribution in [0.25, 0.3) is 0 Å². The van der Waals surface area contributed by atoms with Crippen molar-refractivity contribution in [3.8, 4) is 0 Å². The highest BCUT2D eigenvalue weighted by molar-refractivity contribution is 5.95. The standard InChI is InChI=1S/C17H23N5O2/c1-21(9-13-10-22-6-3-2-4-15(22)19-13)17(23)14-8-18-20-16(14)12-5-7-24-11-12/h8,10,12H,2-7,9,11H2,1H3,(H,18,20). The summed E-state index contributed by atoms with van der Waals surface area (Å²) in [4.78, 5) is 19.2. The van der Waals surface area contributed by atoms with Gasteiger partial charge in [-0.1, -0.05) is 0 Å². The SMILES string of the molecule is CN(Cc1cn2c(n1)CCCC2)C(=O)c1cn[nH]c1C1CCOC1. The number of carbonyl (C=O) groups excluding carboxylic acids is 1. The highest BCUT2D eigenvalue weighted by Crippen LogP contribution is 2.27. The van der Waals surface area contributed by atoms with Crippen molar-refractivity contribution >= 4 is 5.91 Å². The van der Waals surface area contributed by atoms with Gasteiger partial charge in [-0.15, -0.1) is 0 Å². The molecule has 0 radical (unpaired) electrons. The fourth-order valence-corrected chi connectivity index (χ4v) is 3.61. The van der Waals surface area contributed by atoms with Gasteiger partial charge in [0.25, 0.3) is 5.91 Å². The van der Waals surface area contributed by atoms with Crippen LogP contribution >= 0.6 is 0 Å². The summed E-state index contributed by atoms with van der Waals surface area (Å²) < 4.78 is 7.65.